The van der Waals surface area contributed by atoms with Crippen LogP contribution in [0.15, 0.2) is 29.2 Å². The van der Waals surface area contributed by atoms with Crippen LogP contribution in [-0.2, 0) is 14.8 Å². The van der Waals surface area contributed by atoms with Crippen molar-refractivity contribution in [3.63, 3.8) is 0 Å². The lowest BCUT2D eigenvalue weighted by molar-refractivity contribution is -0.120. The van der Waals surface area contributed by atoms with Gasteiger partial charge in [0.25, 0.3) is 0 Å². The van der Waals surface area contributed by atoms with Gasteiger partial charge in [-0.25, -0.2) is 12.8 Å². The van der Waals surface area contributed by atoms with Gasteiger partial charge in [-0.1, -0.05) is 6.92 Å². The lowest BCUT2D eigenvalue weighted by atomic mass is 10.4. The summed E-state index contributed by atoms with van der Waals surface area (Å²) < 4.78 is 38.1. The molecule has 0 radical (unpaired) electrons. The Labute approximate surface area is 106 Å². The van der Waals surface area contributed by atoms with Gasteiger partial charge in [0.1, 0.15) is 5.82 Å². The van der Waals surface area contributed by atoms with Crippen molar-refractivity contribution < 1.29 is 17.6 Å². The lowest BCUT2D eigenvalue weighted by Crippen LogP contribution is -2.39. The molecule has 0 heterocycles. The van der Waals surface area contributed by atoms with Gasteiger partial charge in [-0.05, 0) is 24.3 Å². The Morgan fingerprint density at radius 1 is 1.33 bits per heavy atom. The van der Waals surface area contributed by atoms with E-state index in [9.17, 15) is 17.6 Å². The Morgan fingerprint density at radius 3 is 2.33 bits per heavy atom. The van der Waals surface area contributed by atoms with Crippen LogP contribution in [0.25, 0.3) is 0 Å². The molecule has 0 spiro atoms. The highest BCUT2D eigenvalue weighted by Gasteiger charge is 2.24. The highest BCUT2D eigenvalue weighted by Crippen LogP contribution is 2.15. The molecule has 0 unspecified atom stereocenters. The predicted molar refractivity (Wildman–Crippen MR) is 64.9 cm³/mol. The number of amides is 1. The number of hydrogen-bond acceptors (Lipinski definition) is 3. The van der Waals surface area contributed by atoms with Crippen LogP contribution in [-0.4, -0.2) is 38.8 Å². The molecule has 1 aromatic carbocycles. The summed E-state index contributed by atoms with van der Waals surface area (Å²) >= 11 is 0. The molecule has 0 saturated heterocycles. The lowest BCUT2D eigenvalue weighted by Gasteiger charge is -2.19. The van der Waals surface area contributed by atoms with E-state index in [1.54, 1.807) is 6.92 Å². The van der Waals surface area contributed by atoms with Crippen LogP contribution in [0.5, 0.6) is 0 Å². The fraction of sp³-hybridized carbons (Fsp3) is 0.364. The minimum atomic E-state index is -3.77. The van der Waals surface area contributed by atoms with Crippen LogP contribution in [0.1, 0.15) is 6.92 Å². The van der Waals surface area contributed by atoms with Crippen molar-refractivity contribution in [1.82, 2.24) is 9.62 Å². The largest absolute Gasteiger partial charge is 0.358 e. The molecule has 0 fully saturated rings. The number of nitrogens with zero attached hydrogens (tertiary/aromatic N) is 1. The molecule has 7 heteroatoms. The van der Waals surface area contributed by atoms with E-state index in [4.69, 9.17) is 0 Å². The van der Waals surface area contributed by atoms with Gasteiger partial charge in [-0.2, -0.15) is 4.31 Å². The third-order valence-electron chi connectivity index (χ3n) is 2.40. The number of nitrogens with one attached hydrogen (secondary N) is 1. The highest BCUT2D eigenvalue weighted by atomic mass is 32.2. The minimum Gasteiger partial charge on any atom is -0.358 e. The molecular formula is C11H15FN2O3S. The molecular weight excluding hydrogens is 259 g/mol. The summed E-state index contributed by atoms with van der Waals surface area (Å²) in [6.45, 7) is 1.53. The van der Waals surface area contributed by atoms with Gasteiger partial charge >= 0.3 is 0 Å². The first kappa shape index (κ1) is 14.6. The van der Waals surface area contributed by atoms with Crippen LogP contribution in [0.3, 0.4) is 0 Å². The standard InChI is InChI=1S/C11H15FN2O3S/c1-3-14(8-11(15)13-2)18(16,17)10-6-4-9(12)5-7-10/h4-7H,3,8H2,1-2H3,(H,13,15). The van der Waals surface area contributed by atoms with E-state index in [2.05, 4.69) is 5.32 Å². The van der Waals surface area contributed by atoms with Crippen LogP contribution in [0.2, 0.25) is 0 Å². The average molecular weight is 274 g/mol. The molecule has 0 atom stereocenters. The van der Waals surface area contributed by atoms with E-state index < -0.39 is 21.7 Å². The van der Waals surface area contributed by atoms with Gasteiger partial charge in [0.2, 0.25) is 15.9 Å². The molecule has 1 amide bonds. The zero-order valence-electron chi connectivity index (χ0n) is 10.2. The Balaban J connectivity index is 3.03. The quantitative estimate of drug-likeness (QED) is 0.854. The molecule has 0 aliphatic rings. The van der Waals surface area contributed by atoms with Crippen LogP contribution < -0.4 is 5.32 Å². The van der Waals surface area contributed by atoms with Crippen molar-refractivity contribution in [3.05, 3.63) is 30.1 Å². The summed E-state index contributed by atoms with van der Waals surface area (Å²) in [5, 5.41) is 2.36. The fourth-order valence-electron chi connectivity index (χ4n) is 1.36. The first-order valence-electron chi connectivity index (χ1n) is 5.38. The second-order valence-electron chi connectivity index (χ2n) is 3.56. The molecule has 5 nitrogen and oxygen atoms in total. The maximum Gasteiger partial charge on any atom is 0.243 e. The molecule has 0 aliphatic carbocycles. The third kappa shape index (κ3) is 3.27. The number of likely N-dealkylation sites (N-methyl/N-ethyl adjacent to an activating group) is 2. The van der Waals surface area contributed by atoms with E-state index in [1.165, 1.54) is 19.2 Å². The number of benzene rings is 1. The van der Waals surface area contributed by atoms with Crippen LogP contribution >= 0.6 is 0 Å². The summed E-state index contributed by atoms with van der Waals surface area (Å²) in [5.41, 5.74) is 0. The summed E-state index contributed by atoms with van der Waals surface area (Å²) in [6, 6.07) is 4.50. The summed E-state index contributed by atoms with van der Waals surface area (Å²) in [7, 11) is -2.34. The monoisotopic (exact) mass is 274 g/mol. The smallest absolute Gasteiger partial charge is 0.243 e. The molecule has 1 N–H and O–H groups in total. The van der Waals surface area contributed by atoms with E-state index in [0.29, 0.717) is 0 Å². The number of carbonyl (C=O) groups is 1. The molecule has 1 rings (SSSR count). The van der Waals surface area contributed by atoms with Crippen molar-refractivity contribution in [2.75, 3.05) is 20.1 Å². The first-order valence-corrected chi connectivity index (χ1v) is 6.82. The van der Waals surface area contributed by atoms with E-state index >= 15 is 0 Å². The average Bonchev–Trinajstić information content (AvgIpc) is 2.35. The fourth-order valence-corrected chi connectivity index (χ4v) is 2.77. The van der Waals surface area contributed by atoms with Gasteiger partial charge in [0, 0.05) is 13.6 Å². The Morgan fingerprint density at radius 2 is 1.89 bits per heavy atom. The minimum absolute atomic E-state index is 0.0327. The SMILES string of the molecule is CCN(CC(=O)NC)S(=O)(=O)c1ccc(F)cc1. The van der Waals surface area contributed by atoms with Gasteiger partial charge in [0.05, 0.1) is 11.4 Å². The van der Waals surface area contributed by atoms with Crippen molar-refractivity contribution in [2.45, 2.75) is 11.8 Å². The predicted octanol–water partition coefficient (Wildman–Crippen LogP) is 0.582. The molecule has 0 aromatic heterocycles. The number of hydrogen-bond donors (Lipinski definition) is 1. The Bertz CT molecular complexity index is 514. The van der Waals surface area contributed by atoms with E-state index in [0.717, 1.165) is 16.4 Å². The Hall–Kier alpha value is -1.47. The van der Waals surface area contributed by atoms with E-state index in [-0.39, 0.29) is 18.0 Å². The van der Waals surface area contributed by atoms with Crippen LogP contribution in [0.4, 0.5) is 4.39 Å². The highest BCUT2D eigenvalue weighted by molar-refractivity contribution is 7.89. The van der Waals surface area contributed by atoms with Gasteiger partial charge in [0.15, 0.2) is 0 Å². The van der Waals surface area contributed by atoms with Crippen LogP contribution in [0, 0.1) is 5.82 Å². The normalized spacial score (nSPS) is 11.6. The number of carbonyl (C=O) groups excluding carboxylic acids is 1. The molecule has 0 bridgehead atoms. The zero-order valence-corrected chi connectivity index (χ0v) is 11.0. The third-order valence-corrected chi connectivity index (χ3v) is 4.34. The topological polar surface area (TPSA) is 66.5 Å². The maximum atomic E-state index is 12.7. The van der Waals surface area contributed by atoms with Gasteiger partial charge in [-0.3, -0.25) is 4.79 Å². The zero-order chi connectivity index (χ0) is 13.8. The van der Waals surface area contributed by atoms with Crippen molar-refractivity contribution in [1.29, 1.82) is 0 Å². The number of halogens is 1. The first-order chi connectivity index (χ1) is 8.41. The maximum absolute atomic E-state index is 12.7. The molecule has 0 saturated carbocycles. The number of sulfonamides is 1. The second kappa shape index (κ2) is 5.92. The summed E-state index contributed by atoms with van der Waals surface area (Å²) in [6.07, 6.45) is 0. The molecule has 100 valence electrons. The number of rotatable bonds is 5. The van der Waals surface area contributed by atoms with Gasteiger partial charge < -0.3 is 5.32 Å². The van der Waals surface area contributed by atoms with Crippen molar-refractivity contribution in [2.24, 2.45) is 0 Å². The van der Waals surface area contributed by atoms with E-state index in [1.807, 2.05) is 0 Å². The molecule has 18 heavy (non-hydrogen) atoms. The molecule has 0 aliphatic heterocycles. The summed E-state index contributed by atoms with van der Waals surface area (Å²) in [4.78, 5) is 11.2. The summed E-state index contributed by atoms with van der Waals surface area (Å²) in [5.74, 6) is -0.911. The molecule has 1 aromatic rings. The Kier molecular flexibility index (Phi) is 4.80. The van der Waals surface area contributed by atoms with Crippen molar-refractivity contribution >= 4 is 15.9 Å². The second-order valence-corrected chi connectivity index (χ2v) is 5.50. The van der Waals surface area contributed by atoms with Gasteiger partial charge in [-0.15, -0.1) is 0 Å². The van der Waals surface area contributed by atoms with Crippen molar-refractivity contribution in [3.8, 4) is 0 Å².